The van der Waals surface area contributed by atoms with Gasteiger partial charge in [0.25, 0.3) is 0 Å². The van der Waals surface area contributed by atoms with Gasteiger partial charge in [-0.1, -0.05) is 44.2 Å². The minimum atomic E-state index is 0.0772. The lowest BCUT2D eigenvalue weighted by Gasteiger charge is -2.14. The van der Waals surface area contributed by atoms with Gasteiger partial charge in [-0.15, -0.1) is 11.3 Å². The lowest BCUT2D eigenvalue weighted by Crippen LogP contribution is -2.35. The third-order valence-electron chi connectivity index (χ3n) is 4.05. The number of aromatic nitrogens is 2. The molecule has 0 spiro atoms. The van der Waals surface area contributed by atoms with Gasteiger partial charge in [0, 0.05) is 28.9 Å². The molecule has 5 heteroatoms. The molecule has 0 saturated carbocycles. The van der Waals surface area contributed by atoms with Crippen LogP contribution in [0.3, 0.4) is 0 Å². The molecular weight excluding hydrogens is 306 g/mol. The molecule has 0 atom stereocenters. The fourth-order valence-corrected chi connectivity index (χ4v) is 3.51. The summed E-state index contributed by atoms with van der Waals surface area (Å²) in [6.07, 6.45) is 4.33. The molecule has 0 radical (unpaired) electrons. The van der Waals surface area contributed by atoms with Crippen LogP contribution in [-0.2, 0) is 11.2 Å². The second-order valence-corrected chi connectivity index (χ2v) is 6.47. The summed E-state index contributed by atoms with van der Waals surface area (Å²) in [6.45, 7) is 4.19. The Morgan fingerprint density at radius 1 is 1.26 bits per heavy atom. The summed E-state index contributed by atoms with van der Waals surface area (Å²) in [5.41, 5.74) is 3.03. The summed E-state index contributed by atoms with van der Waals surface area (Å²) in [6, 6.07) is 10.4. The van der Waals surface area contributed by atoms with Crippen molar-refractivity contribution in [2.45, 2.75) is 39.2 Å². The van der Waals surface area contributed by atoms with Gasteiger partial charge in [0.1, 0.15) is 0 Å². The molecule has 2 heterocycles. The summed E-state index contributed by atoms with van der Waals surface area (Å²) < 4.78 is 2.03. The number of hydrogen-bond acceptors (Lipinski definition) is 3. The molecule has 3 aromatic rings. The van der Waals surface area contributed by atoms with Crippen molar-refractivity contribution in [1.82, 2.24) is 14.7 Å². The van der Waals surface area contributed by atoms with Crippen molar-refractivity contribution in [2.75, 3.05) is 0 Å². The number of benzene rings is 1. The van der Waals surface area contributed by atoms with E-state index in [4.69, 9.17) is 0 Å². The average Bonchev–Trinajstić information content (AvgIpc) is 3.15. The zero-order valence-corrected chi connectivity index (χ0v) is 14.3. The monoisotopic (exact) mass is 327 g/mol. The molecule has 2 aromatic heterocycles. The van der Waals surface area contributed by atoms with Crippen molar-refractivity contribution < 1.29 is 4.79 Å². The number of amides is 1. The van der Waals surface area contributed by atoms with Crippen LogP contribution in [0.15, 0.2) is 41.9 Å². The van der Waals surface area contributed by atoms with Crippen LogP contribution >= 0.6 is 11.3 Å². The third-order valence-corrected chi connectivity index (χ3v) is 4.93. The zero-order valence-electron chi connectivity index (χ0n) is 13.5. The second kappa shape index (κ2) is 6.96. The molecule has 23 heavy (non-hydrogen) atoms. The highest BCUT2D eigenvalue weighted by molar-refractivity contribution is 7.15. The van der Waals surface area contributed by atoms with Gasteiger partial charge in [-0.25, -0.2) is 4.98 Å². The maximum absolute atomic E-state index is 12.2. The van der Waals surface area contributed by atoms with Crippen LogP contribution in [0.2, 0.25) is 0 Å². The molecular formula is C18H21N3OS. The molecule has 0 aliphatic rings. The first-order chi connectivity index (χ1) is 11.2. The van der Waals surface area contributed by atoms with Crippen molar-refractivity contribution in [1.29, 1.82) is 0 Å². The molecule has 0 saturated heterocycles. The minimum Gasteiger partial charge on any atom is -0.353 e. The van der Waals surface area contributed by atoms with Crippen LogP contribution in [-0.4, -0.2) is 21.3 Å². The highest BCUT2D eigenvalue weighted by atomic mass is 32.1. The molecule has 4 nitrogen and oxygen atoms in total. The van der Waals surface area contributed by atoms with Gasteiger partial charge in [0.15, 0.2) is 4.96 Å². The molecule has 1 amide bonds. The van der Waals surface area contributed by atoms with E-state index in [9.17, 15) is 4.79 Å². The lowest BCUT2D eigenvalue weighted by atomic mass is 10.1. The standard InChI is InChI=1S/C18H21N3OS/c1-3-14(4-2)19-17(22)10-15-12-23-18-20-16(11-21(15)18)13-8-6-5-7-9-13/h5-9,11-12,14H,3-4,10H2,1-2H3,(H,19,22). The number of carbonyl (C=O) groups excluding carboxylic acids is 1. The van der Waals surface area contributed by atoms with Crippen molar-refractivity contribution in [2.24, 2.45) is 0 Å². The maximum atomic E-state index is 12.2. The van der Waals surface area contributed by atoms with E-state index in [0.717, 1.165) is 34.8 Å². The van der Waals surface area contributed by atoms with E-state index in [1.165, 1.54) is 0 Å². The minimum absolute atomic E-state index is 0.0772. The van der Waals surface area contributed by atoms with Crippen molar-refractivity contribution in [3.8, 4) is 11.3 Å². The Hall–Kier alpha value is -2.14. The van der Waals surface area contributed by atoms with Gasteiger partial charge < -0.3 is 5.32 Å². The predicted molar refractivity (Wildman–Crippen MR) is 94.7 cm³/mol. The number of hydrogen-bond donors (Lipinski definition) is 1. The van der Waals surface area contributed by atoms with Gasteiger partial charge >= 0.3 is 0 Å². The van der Waals surface area contributed by atoms with Gasteiger partial charge in [-0.2, -0.15) is 0 Å². The summed E-state index contributed by atoms with van der Waals surface area (Å²) in [7, 11) is 0. The van der Waals surface area contributed by atoms with E-state index in [0.29, 0.717) is 6.42 Å². The van der Waals surface area contributed by atoms with Gasteiger partial charge in [-0.05, 0) is 12.8 Å². The molecule has 0 aliphatic carbocycles. The van der Waals surface area contributed by atoms with Crippen molar-refractivity contribution >= 4 is 22.2 Å². The fraction of sp³-hybridized carbons (Fsp3) is 0.333. The molecule has 0 unspecified atom stereocenters. The Kier molecular flexibility index (Phi) is 4.76. The fourth-order valence-electron chi connectivity index (χ4n) is 2.64. The van der Waals surface area contributed by atoms with E-state index in [-0.39, 0.29) is 11.9 Å². The van der Waals surface area contributed by atoms with Crippen LogP contribution in [0.4, 0.5) is 0 Å². The normalized spacial score (nSPS) is 11.3. The number of carbonyl (C=O) groups is 1. The first kappa shape index (κ1) is 15.7. The number of thiazole rings is 1. The quantitative estimate of drug-likeness (QED) is 0.746. The summed E-state index contributed by atoms with van der Waals surface area (Å²) in [5, 5.41) is 5.11. The maximum Gasteiger partial charge on any atom is 0.226 e. The molecule has 3 rings (SSSR count). The van der Waals surface area contributed by atoms with Crippen molar-refractivity contribution in [3.05, 3.63) is 47.6 Å². The smallest absolute Gasteiger partial charge is 0.226 e. The third kappa shape index (κ3) is 3.45. The van der Waals surface area contributed by atoms with Gasteiger partial charge in [0.05, 0.1) is 12.1 Å². The van der Waals surface area contributed by atoms with E-state index in [2.05, 4.69) is 24.1 Å². The highest BCUT2D eigenvalue weighted by Crippen LogP contribution is 2.23. The van der Waals surface area contributed by atoms with Gasteiger partial charge in [0.2, 0.25) is 5.91 Å². The molecule has 0 fully saturated rings. The van der Waals surface area contributed by atoms with Crippen molar-refractivity contribution in [3.63, 3.8) is 0 Å². The highest BCUT2D eigenvalue weighted by Gasteiger charge is 2.14. The topological polar surface area (TPSA) is 46.4 Å². The number of fused-ring (bicyclic) bond motifs is 1. The Bertz CT molecular complexity index is 787. The van der Waals surface area contributed by atoms with Crippen LogP contribution in [0.25, 0.3) is 16.2 Å². The zero-order chi connectivity index (χ0) is 16.2. The summed E-state index contributed by atoms with van der Waals surface area (Å²) >= 11 is 1.57. The first-order valence-electron chi connectivity index (χ1n) is 8.01. The Labute approximate surface area is 140 Å². The van der Waals surface area contributed by atoms with Gasteiger partial charge in [-0.3, -0.25) is 9.20 Å². The first-order valence-corrected chi connectivity index (χ1v) is 8.89. The average molecular weight is 327 g/mol. The van der Waals surface area contributed by atoms with Crippen LogP contribution in [0.1, 0.15) is 32.4 Å². The second-order valence-electron chi connectivity index (χ2n) is 5.63. The number of nitrogens with one attached hydrogen (secondary N) is 1. The van der Waals surface area contributed by atoms with E-state index >= 15 is 0 Å². The Balaban J connectivity index is 1.80. The molecule has 0 bridgehead atoms. The number of imidazole rings is 1. The van der Waals surface area contributed by atoms with E-state index < -0.39 is 0 Å². The number of nitrogens with zero attached hydrogens (tertiary/aromatic N) is 2. The molecule has 1 N–H and O–H groups in total. The van der Waals surface area contributed by atoms with E-state index in [1.807, 2.05) is 46.3 Å². The predicted octanol–water partition coefficient (Wildman–Crippen LogP) is 3.91. The summed E-state index contributed by atoms with van der Waals surface area (Å²) in [5.74, 6) is 0.0772. The largest absolute Gasteiger partial charge is 0.353 e. The van der Waals surface area contributed by atoms with Crippen LogP contribution < -0.4 is 5.32 Å². The summed E-state index contributed by atoms with van der Waals surface area (Å²) in [4.78, 5) is 17.8. The Morgan fingerprint density at radius 3 is 2.70 bits per heavy atom. The molecule has 120 valence electrons. The van der Waals surface area contributed by atoms with E-state index in [1.54, 1.807) is 11.3 Å². The number of rotatable bonds is 6. The lowest BCUT2D eigenvalue weighted by molar-refractivity contribution is -0.121. The molecule has 0 aliphatic heterocycles. The SMILES string of the molecule is CCC(CC)NC(=O)Cc1csc2nc(-c3ccccc3)cn12. The molecule has 1 aromatic carbocycles. The van der Waals surface area contributed by atoms with Crippen LogP contribution in [0.5, 0.6) is 0 Å². The Morgan fingerprint density at radius 2 is 2.00 bits per heavy atom. The van der Waals surface area contributed by atoms with Crippen LogP contribution in [0, 0.1) is 0 Å².